The maximum absolute atomic E-state index is 13.6. The molecule has 0 atom stereocenters. The molecule has 1 saturated carbocycles. The lowest BCUT2D eigenvalue weighted by Gasteiger charge is -2.21. The SMILES string of the molecule is Cc1ccc(F)c(CNC2CCCCCCC2)c1. The molecule has 1 aromatic rings. The number of hydrogen-bond acceptors (Lipinski definition) is 1. The molecule has 1 N–H and O–H groups in total. The third kappa shape index (κ3) is 4.09. The molecule has 0 radical (unpaired) electrons. The van der Waals surface area contributed by atoms with E-state index in [1.165, 1.54) is 44.9 Å². The van der Waals surface area contributed by atoms with Crippen molar-refractivity contribution in [1.29, 1.82) is 0 Å². The summed E-state index contributed by atoms with van der Waals surface area (Å²) in [6, 6.07) is 5.93. The van der Waals surface area contributed by atoms with Crippen LogP contribution in [0.4, 0.5) is 4.39 Å². The molecule has 0 bridgehead atoms. The van der Waals surface area contributed by atoms with Crippen molar-refractivity contribution < 1.29 is 4.39 Å². The second-order valence-corrected chi connectivity index (χ2v) is 5.52. The number of aryl methyl sites for hydroxylation is 1. The molecule has 0 saturated heterocycles. The zero-order valence-electron chi connectivity index (χ0n) is 11.3. The monoisotopic (exact) mass is 249 g/mol. The molecule has 1 aliphatic carbocycles. The van der Waals surface area contributed by atoms with Crippen molar-refractivity contribution in [2.75, 3.05) is 0 Å². The number of rotatable bonds is 3. The van der Waals surface area contributed by atoms with Gasteiger partial charge in [-0.1, -0.05) is 49.8 Å². The average Bonchev–Trinajstić information content (AvgIpc) is 2.32. The minimum Gasteiger partial charge on any atom is -0.310 e. The Kier molecular flexibility index (Phi) is 5.18. The van der Waals surface area contributed by atoms with Crippen molar-refractivity contribution >= 4 is 0 Å². The van der Waals surface area contributed by atoms with Gasteiger partial charge < -0.3 is 5.32 Å². The molecule has 1 nitrogen and oxygen atoms in total. The molecular weight excluding hydrogens is 225 g/mol. The highest BCUT2D eigenvalue weighted by atomic mass is 19.1. The van der Waals surface area contributed by atoms with Gasteiger partial charge in [0.25, 0.3) is 0 Å². The summed E-state index contributed by atoms with van der Waals surface area (Å²) in [5.41, 5.74) is 1.93. The van der Waals surface area contributed by atoms with E-state index < -0.39 is 0 Å². The van der Waals surface area contributed by atoms with Crippen LogP contribution in [0, 0.1) is 12.7 Å². The van der Waals surface area contributed by atoms with Crippen LogP contribution in [0.1, 0.15) is 56.1 Å². The predicted molar refractivity (Wildman–Crippen MR) is 74.1 cm³/mol. The smallest absolute Gasteiger partial charge is 0.127 e. The molecule has 100 valence electrons. The Morgan fingerprint density at radius 3 is 2.50 bits per heavy atom. The number of benzene rings is 1. The second kappa shape index (κ2) is 6.89. The van der Waals surface area contributed by atoms with E-state index in [0.717, 1.165) is 11.1 Å². The lowest BCUT2D eigenvalue weighted by molar-refractivity contribution is 0.386. The van der Waals surface area contributed by atoms with Crippen LogP contribution in [-0.2, 0) is 6.54 Å². The van der Waals surface area contributed by atoms with Gasteiger partial charge in [0.1, 0.15) is 5.82 Å². The molecule has 0 unspecified atom stereocenters. The van der Waals surface area contributed by atoms with Crippen molar-refractivity contribution in [2.24, 2.45) is 0 Å². The van der Waals surface area contributed by atoms with Crippen LogP contribution in [-0.4, -0.2) is 6.04 Å². The largest absolute Gasteiger partial charge is 0.310 e. The van der Waals surface area contributed by atoms with Crippen molar-refractivity contribution in [3.63, 3.8) is 0 Å². The van der Waals surface area contributed by atoms with Gasteiger partial charge in [-0.25, -0.2) is 4.39 Å². The zero-order valence-corrected chi connectivity index (χ0v) is 11.3. The third-order valence-corrected chi connectivity index (χ3v) is 3.89. The Morgan fingerprint density at radius 2 is 1.78 bits per heavy atom. The van der Waals surface area contributed by atoms with E-state index in [-0.39, 0.29) is 5.82 Å². The molecule has 0 heterocycles. The Bertz CT molecular complexity index is 367. The summed E-state index contributed by atoms with van der Waals surface area (Å²) in [5.74, 6) is -0.0843. The van der Waals surface area contributed by atoms with E-state index in [9.17, 15) is 4.39 Å². The summed E-state index contributed by atoms with van der Waals surface area (Å²) in [6.07, 6.45) is 9.22. The number of halogens is 1. The molecule has 1 aliphatic rings. The first-order valence-corrected chi connectivity index (χ1v) is 7.24. The first-order valence-electron chi connectivity index (χ1n) is 7.24. The van der Waals surface area contributed by atoms with Crippen molar-refractivity contribution in [2.45, 2.75) is 64.5 Å². The summed E-state index contributed by atoms with van der Waals surface area (Å²) in [4.78, 5) is 0. The molecule has 0 amide bonds. The van der Waals surface area contributed by atoms with Gasteiger partial charge in [0.05, 0.1) is 0 Å². The average molecular weight is 249 g/mol. The van der Waals surface area contributed by atoms with E-state index in [0.29, 0.717) is 12.6 Å². The van der Waals surface area contributed by atoms with Gasteiger partial charge in [-0.3, -0.25) is 0 Å². The van der Waals surface area contributed by atoms with Gasteiger partial charge in [-0.05, 0) is 25.8 Å². The van der Waals surface area contributed by atoms with Gasteiger partial charge >= 0.3 is 0 Å². The summed E-state index contributed by atoms with van der Waals surface area (Å²) in [7, 11) is 0. The lowest BCUT2D eigenvalue weighted by atomic mass is 9.96. The van der Waals surface area contributed by atoms with Crippen LogP contribution in [0.3, 0.4) is 0 Å². The van der Waals surface area contributed by atoms with Crippen LogP contribution in [0.15, 0.2) is 18.2 Å². The normalized spacial score (nSPS) is 18.3. The molecule has 0 aromatic heterocycles. The quantitative estimate of drug-likeness (QED) is 0.840. The lowest BCUT2D eigenvalue weighted by Crippen LogP contribution is -2.29. The summed E-state index contributed by atoms with van der Waals surface area (Å²) < 4.78 is 13.6. The zero-order chi connectivity index (χ0) is 12.8. The maximum atomic E-state index is 13.6. The van der Waals surface area contributed by atoms with E-state index in [1.807, 2.05) is 19.1 Å². The topological polar surface area (TPSA) is 12.0 Å². The molecule has 1 fully saturated rings. The summed E-state index contributed by atoms with van der Waals surface area (Å²) in [6.45, 7) is 2.68. The standard InChI is InChI=1S/C16H24FN/c1-13-9-10-16(17)14(11-13)12-18-15-7-5-3-2-4-6-8-15/h9-11,15,18H,2-8,12H2,1H3. The molecule has 2 rings (SSSR count). The molecule has 2 heteroatoms. The van der Waals surface area contributed by atoms with Gasteiger partial charge in [-0.15, -0.1) is 0 Å². The Balaban J connectivity index is 1.87. The highest BCUT2D eigenvalue weighted by Crippen LogP contribution is 2.18. The highest BCUT2D eigenvalue weighted by molar-refractivity contribution is 5.23. The van der Waals surface area contributed by atoms with Gasteiger partial charge in [-0.2, -0.15) is 0 Å². The molecular formula is C16H24FN. The Morgan fingerprint density at radius 1 is 1.11 bits per heavy atom. The summed E-state index contributed by atoms with van der Waals surface area (Å²) in [5, 5.41) is 3.53. The fourth-order valence-electron chi connectivity index (χ4n) is 2.75. The summed E-state index contributed by atoms with van der Waals surface area (Å²) >= 11 is 0. The molecule has 18 heavy (non-hydrogen) atoms. The highest BCUT2D eigenvalue weighted by Gasteiger charge is 2.11. The van der Waals surface area contributed by atoms with E-state index in [4.69, 9.17) is 0 Å². The van der Waals surface area contributed by atoms with Crippen molar-refractivity contribution in [3.8, 4) is 0 Å². The molecule has 1 aromatic carbocycles. The van der Waals surface area contributed by atoms with E-state index in [1.54, 1.807) is 6.07 Å². The Labute approximate surface area is 110 Å². The van der Waals surface area contributed by atoms with Crippen molar-refractivity contribution in [1.82, 2.24) is 5.32 Å². The predicted octanol–water partition coefficient (Wildman–Crippen LogP) is 4.34. The second-order valence-electron chi connectivity index (χ2n) is 5.52. The van der Waals surface area contributed by atoms with Crippen LogP contribution < -0.4 is 5.32 Å². The van der Waals surface area contributed by atoms with E-state index >= 15 is 0 Å². The van der Waals surface area contributed by atoms with E-state index in [2.05, 4.69) is 5.32 Å². The van der Waals surface area contributed by atoms with Crippen LogP contribution in [0.25, 0.3) is 0 Å². The molecule has 0 spiro atoms. The van der Waals surface area contributed by atoms with Crippen molar-refractivity contribution in [3.05, 3.63) is 35.1 Å². The number of hydrogen-bond donors (Lipinski definition) is 1. The van der Waals surface area contributed by atoms with Crippen LogP contribution >= 0.6 is 0 Å². The first kappa shape index (κ1) is 13.5. The fraction of sp³-hybridized carbons (Fsp3) is 0.625. The third-order valence-electron chi connectivity index (χ3n) is 3.89. The van der Waals surface area contributed by atoms with Crippen LogP contribution in [0.5, 0.6) is 0 Å². The molecule has 0 aliphatic heterocycles. The van der Waals surface area contributed by atoms with Gasteiger partial charge in [0.2, 0.25) is 0 Å². The minimum atomic E-state index is -0.0843. The van der Waals surface area contributed by atoms with Gasteiger partial charge in [0, 0.05) is 18.2 Å². The fourth-order valence-corrected chi connectivity index (χ4v) is 2.75. The maximum Gasteiger partial charge on any atom is 0.127 e. The minimum absolute atomic E-state index is 0.0843. The Hall–Kier alpha value is -0.890. The first-order chi connectivity index (χ1) is 8.75. The van der Waals surface area contributed by atoms with Crippen LogP contribution in [0.2, 0.25) is 0 Å². The van der Waals surface area contributed by atoms with Gasteiger partial charge in [0.15, 0.2) is 0 Å². The number of nitrogens with one attached hydrogen (secondary N) is 1.